The normalized spacial score (nSPS) is 19.5. The van der Waals surface area contributed by atoms with Crippen molar-refractivity contribution >= 4 is 15.7 Å². The van der Waals surface area contributed by atoms with Crippen LogP contribution in [0.25, 0.3) is 0 Å². The number of sulfone groups is 1. The Bertz CT molecular complexity index is 676. The van der Waals surface area contributed by atoms with Crippen LogP contribution in [0.1, 0.15) is 18.4 Å². The second-order valence-electron chi connectivity index (χ2n) is 5.41. The number of rotatable bonds is 5. The summed E-state index contributed by atoms with van der Waals surface area (Å²) in [7, 11) is -3.07. The molecule has 1 amide bonds. The van der Waals surface area contributed by atoms with Gasteiger partial charge in [0.2, 0.25) is 5.91 Å². The Morgan fingerprint density at radius 3 is 2.59 bits per heavy atom. The van der Waals surface area contributed by atoms with Crippen molar-refractivity contribution in [3.63, 3.8) is 0 Å². The number of benzene rings is 1. The number of carbonyl (C=O) groups excluding carboxylic acids is 1. The van der Waals surface area contributed by atoms with Crippen LogP contribution in [0, 0.1) is 18.2 Å². The average Bonchev–Trinajstić information content (AvgIpc) is 2.83. The third-order valence-electron chi connectivity index (χ3n) is 3.77. The van der Waals surface area contributed by atoms with Gasteiger partial charge >= 0.3 is 0 Å². The zero-order valence-electron chi connectivity index (χ0n) is 12.2. The third-order valence-corrected chi connectivity index (χ3v) is 5.52. The van der Waals surface area contributed by atoms with Crippen molar-refractivity contribution in [3.8, 4) is 12.3 Å². The van der Waals surface area contributed by atoms with E-state index >= 15 is 0 Å². The van der Waals surface area contributed by atoms with Crippen molar-refractivity contribution in [2.24, 2.45) is 0 Å². The lowest BCUT2D eigenvalue weighted by Gasteiger charge is -2.26. The predicted octanol–water partition coefficient (Wildman–Crippen LogP) is 1.41. The first-order valence-electron chi connectivity index (χ1n) is 7.09. The van der Waals surface area contributed by atoms with Crippen LogP contribution in [0.2, 0.25) is 0 Å². The molecule has 6 heteroatoms. The molecule has 0 aliphatic carbocycles. The Morgan fingerprint density at radius 1 is 1.36 bits per heavy atom. The number of hydrogen-bond acceptors (Lipinski definition) is 3. The average molecular weight is 323 g/mol. The van der Waals surface area contributed by atoms with Gasteiger partial charge in [-0.2, -0.15) is 0 Å². The van der Waals surface area contributed by atoms with Crippen molar-refractivity contribution in [3.05, 3.63) is 35.6 Å². The smallest absolute Gasteiger partial charge is 0.223 e. The second kappa shape index (κ2) is 6.93. The standard InChI is InChI=1S/C16H18FNO3S/c1-2-10-18(15-9-11-22(20,21)12-15)16(19)8-5-13-3-6-14(17)7-4-13/h1,3-4,6-7,15H,5,8-12H2/t15-/m0/s1. The fourth-order valence-electron chi connectivity index (χ4n) is 2.59. The molecule has 0 radical (unpaired) electrons. The van der Waals surface area contributed by atoms with Gasteiger partial charge in [-0.3, -0.25) is 4.79 Å². The van der Waals surface area contributed by atoms with E-state index in [9.17, 15) is 17.6 Å². The molecule has 1 heterocycles. The number of aryl methyl sites for hydroxylation is 1. The maximum absolute atomic E-state index is 12.8. The number of amides is 1. The fourth-order valence-corrected chi connectivity index (χ4v) is 4.32. The van der Waals surface area contributed by atoms with E-state index in [1.165, 1.54) is 17.0 Å². The van der Waals surface area contributed by atoms with Crippen LogP contribution in [0.15, 0.2) is 24.3 Å². The van der Waals surface area contributed by atoms with Crippen LogP contribution in [0.5, 0.6) is 0 Å². The molecule has 1 aliphatic heterocycles. The number of carbonyl (C=O) groups is 1. The van der Waals surface area contributed by atoms with Crippen LogP contribution < -0.4 is 0 Å². The van der Waals surface area contributed by atoms with E-state index in [0.717, 1.165) is 5.56 Å². The van der Waals surface area contributed by atoms with Gasteiger partial charge in [0.25, 0.3) is 0 Å². The number of nitrogens with zero attached hydrogens (tertiary/aromatic N) is 1. The van der Waals surface area contributed by atoms with Gasteiger partial charge < -0.3 is 4.90 Å². The van der Waals surface area contributed by atoms with Gasteiger partial charge in [0.05, 0.1) is 18.1 Å². The third kappa shape index (κ3) is 4.31. The molecule has 4 nitrogen and oxygen atoms in total. The van der Waals surface area contributed by atoms with E-state index in [1.54, 1.807) is 12.1 Å². The summed E-state index contributed by atoms with van der Waals surface area (Å²) in [6.07, 6.45) is 6.43. The Morgan fingerprint density at radius 2 is 2.05 bits per heavy atom. The lowest BCUT2D eigenvalue weighted by Crippen LogP contribution is -2.41. The molecular formula is C16H18FNO3S. The number of hydrogen-bond donors (Lipinski definition) is 0. The van der Waals surface area contributed by atoms with Crippen LogP contribution in [0.4, 0.5) is 4.39 Å². The Hall–Kier alpha value is -1.87. The molecule has 0 aromatic heterocycles. The van der Waals surface area contributed by atoms with E-state index in [4.69, 9.17) is 6.42 Å². The van der Waals surface area contributed by atoms with E-state index < -0.39 is 9.84 Å². The van der Waals surface area contributed by atoms with Crippen molar-refractivity contribution in [2.45, 2.75) is 25.3 Å². The summed E-state index contributed by atoms with van der Waals surface area (Å²) >= 11 is 0. The fraction of sp³-hybridized carbons (Fsp3) is 0.438. The molecule has 1 aromatic rings. The largest absolute Gasteiger partial charge is 0.328 e. The summed E-state index contributed by atoms with van der Waals surface area (Å²) in [5.41, 5.74) is 0.856. The summed E-state index contributed by atoms with van der Waals surface area (Å²) in [4.78, 5) is 13.8. The monoisotopic (exact) mass is 323 g/mol. The lowest BCUT2D eigenvalue weighted by atomic mass is 10.1. The quantitative estimate of drug-likeness (QED) is 0.770. The van der Waals surface area contributed by atoms with Crippen molar-refractivity contribution in [2.75, 3.05) is 18.1 Å². The maximum Gasteiger partial charge on any atom is 0.223 e. The molecule has 118 valence electrons. The molecule has 1 fully saturated rings. The minimum absolute atomic E-state index is 0.0169. The Labute approximate surface area is 130 Å². The van der Waals surface area contributed by atoms with Crippen molar-refractivity contribution in [1.82, 2.24) is 4.90 Å². The zero-order valence-corrected chi connectivity index (χ0v) is 13.0. The highest BCUT2D eigenvalue weighted by atomic mass is 32.2. The van der Waals surface area contributed by atoms with Crippen LogP contribution in [0.3, 0.4) is 0 Å². The Balaban J connectivity index is 1.98. The second-order valence-corrected chi connectivity index (χ2v) is 7.64. The molecule has 1 atom stereocenters. The molecule has 0 bridgehead atoms. The molecule has 1 aromatic carbocycles. The molecule has 22 heavy (non-hydrogen) atoms. The Kier molecular flexibility index (Phi) is 5.19. The molecule has 0 unspecified atom stereocenters. The minimum atomic E-state index is -3.07. The van der Waals surface area contributed by atoms with E-state index in [1.807, 2.05) is 0 Å². The molecule has 2 rings (SSSR count). The van der Waals surface area contributed by atoms with Crippen molar-refractivity contribution < 1.29 is 17.6 Å². The molecule has 1 saturated heterocycles. The highest BCUT2D eigenvalue weighted by molar-refractivity contribution is 7.91. The summed E-state index contributed by atoms with van der Waals surface area (Å²) in [6, 6.07) is 5.63. The zero-order chi connectivity index (χ0) is 16.2. The van der Waals surface area contributed by atoms with Crippen LogP contribution in [-0.4, -0.2) is 43.3 Å². The lowest BCUT2D eigenvalue weighted by molar-refractivity contribution is -0.132. The molecule has 0 N–H and O–H groups in total. The first-order valence-corrected chi connectivity index (χ1v) is 8.91. The minimum Gasteiger partial charge on any atom is -0.328 e. The van der Waals surface area contributed by atoms with Gasteiger partial charge in [-0.25, -0.2) is 12.8 Å². The summed E-state index contributed by atoms with van der Waals surface area (Å²) in [5.74, 6) is 2.02. The molecule has 0 saturated carbocycles. The van der Waals surface area contributed by atoms with Gasteiger partial charge in [0.15, 0.2) is 9.84 Å². The summed E-state index contributed by atoms with van der Waals surface area (Å²) in [5, 5.41) is 0. The first kappa shape index (κ1) is 16.5. The predicted molar refractivity (Wildman–Crippen MR) is 82.3 cm³/mol. The van der Waals surface area contributed by atoms with Gasteiger partial charge in [-0.15, -0.1) is 6.42 Å². The first-order chi connectivity index (χ1) is 10.4. The van der Waals surface area contributed by atoms with Crippen LogP contribution >= 0.6 is 0 Å². The highest BCUT2D eigenvalue weighted by Gasteiger charge is 2.33. The van der Waals surface area contributed by atoms with Crippen LogP contribution in [-0.2, 0) is 21.1 Å². The molecule has 1 aliphatic rings. The number of terminal acetylenes is 1. The van der Waals surface area contributed by atoms with Gasteiger partial charge in [-0.05, 0) is 30.5 Å². The van der Waals surface area contributed by atoms with Gasteiger partial charge in [-0.1, -0.05) is 18.1 Å². The summed E-state index contributed by atoms with van der Waals surface area (Å²) < 4.78 is 36.0. The molecular weight excluding hydrogens is 305 g/mol. The highest BCUT2D eigenvalue weighted by Crippen LogP contribution is 2.19. The van der Waals surface area contributed by atoms with Gasteiger partial charge in [0, 0.05) is 12.5 Å². The topological polar surface area (TPSA) is 54.5 Å². The summed E-state index contributed by atoms with van der Waals surface area (Å²) in [6.45, 7) is 0.114. The van der Waals surface area contributed by atoms with E-state index in [2.05, 4.69) is 5.92 Å². The van der Waals surface area contributed by atoms with Crippen molar-refractivity contribution in [1.29, 1.82) is 0 Å². The SMILES string of the molecule is C#CCN(C(=O)CCc1ccc(F)cc1)[C@H]1CCS(=O)(=O)C1. The molecule has 0 spiro atoms. The van der Waals surface area contributed by atoms with Gasteiger partial charge in [0.1, 0.15) is 5.82 Å². The van der Waals surface area contributed by atoms with E-state index in [0.29, 0.717) is 12.8 Å². The van der Waals surface area contributed by atoms with E-state index in [-0.39, 0.29) is 42.2 Å². The maximum atomic E-state index is 12.8. The number of halogens is 1.